The van der Waals surface area contributed by atoms with Crippen LogP contribution < -0.4 is 10.1 Å². The van der Waals surface area contributed by atoms with Crippen LogP contribution in [0.15, 0.2) is 30.5 Å². The van der Waals surface area contributed by atoms with Crippen LogP contribution in [0.25, 0.3) is 0 Å². The maximum Gasteiger partial charge on any atom is 0.310 e. The summed E-state index contributed by atoms with van der Waals surface area (Å²) in [6.07, 6.45) is 3.37. The van der Waals surface area contributed by atoms with E-state index >= 15 is 0 Å². The largest absolute Gasteiger partial charge is 0.495 e. The number of esters is 1. The molecule has 25 heavy (non-hydrogen) atoms. The molecule has 0 spiro atoms. The number of carbonyl (C=O) groups excluding carboxylic acids is 1. The van der Waals surface area contributed by atoms with Crippen molar-refractivity contribution in [1.82, 2.24) is 4.98 Å². The zero-order chi connectivity index (χ0) is 18.0. The maximum absolute atomic E-state index is 12.2. The zero-order valence-electron chi connectivity index (χ0n) is 15.0. The standard InChI is InChI=1S/C19H24N2O3S/c1-12(2)9-13-10-19(3,24-17(13)22)16-11-20-18(25-16)21-14-7-5-6-8-15(14)23-4/h5-8,11-13H,9-10H2,1-4H3,(H,20,21)/t13-,19+/m1/s1. The topological polar surface area (TPSA) is 60.5 Å². The lowest BCUT2D eigenvalue weighted by Crippen LogP contribution is -2.19. The van der Waals surface area contributed by atoms with Crippen molar-refractivity contribution in [2.75, 3.05) is 12.4 Å². The van der Waals surface area contributed by atoms with E-state index in [4.69, 9.17) is 9.47 Å². The summed E-state index contributed by atoms with van der Waals surface area (Å²) in [5, 5.41) is 4.03. The van der Waals surface area contributed by atoms with Gasteiger partial charge in [-0.2, -0.15) is 0 Å². The molecule has 134 valence electrons. The first kappa shape index (κ1) is 17.7. The van der Waals surface area contributed by atoms with Crippen molar-refractivity contribution in [3.05, 3.63) is 35.3 Å². The second-order valence-electron chi connectivity index (χ2n) is 7.04. The molecule has 0 bridgehead atoms. The molecule has 2 aromatic rings. The number of hydrogen-bond acceptors (Lipinski definition) is 6. The molecule has 1 aliphatic heterocycles. The van der Waals surface area contributed by atoms with Gasteiger partial charge in [0.15, 0.2) is 5.13 Å². The van der Waals surface area contributed by atoms with Crippen LogP contribution in [0.3, 0.4) is 0 Å². The number of carbonyl (C=O) groups is 1. The molecule has 2 atom stereocenters. The van der Waals surface area contributed by atoms with E-state index in [1.807, 2.05) is 31.2 Å². The predicted molar refractivity (Wildman–Crippen MR) is 99.4 cm³/mol. The van der Waals surface area contributed by atoms with E-state index in [1.165, 1.54) is 11.3 Å². The van der Waals surface area contributed by atoms with Crippen LogP contribution in [-0.2, 0) is 15.1 Å². The van der Waals surface area contributed by atoms with Gasteiger partial charge in [0.05, 0.1) is 23.6 Å². The summed E-state index contributed by atoms with van der Waals surface area (Å²) in [7, 11) is 1.64. The highest BCUT2D eigenvalue weighted by Gasteiger charge is 2.45. The van der Waals surface area contributed by atoms with E-state index in [0.29, 0.717) is 12.3 Å². The Bertz CT molecular complexity index is 759. The molecule has 6 heteroatoms. The van der Waals surface area contributed by atoms with E-state index in [9.17, 15) is 4.79 Å². The summed E-state index contributed by atoms with van der Waals surface area (Å²) in [5.74, 6) is 1.11. The molecule has 1 aromatic carbocycles. The number of anilines is 2. The first-order valence-corrected chi connectivity index (χ1v) is 9.32. The number of nitrogens with zero attached hydrogens (tertiary/aromatic N) is 1. The highest BCUT2D eigenvalue weighted by atomic mass is 32.1. The smallest absolute Gasteiger partial charge is 0.310 e. The number of aromatic nitrogens is 1. The van der Waals surface area contributed by atoms with Crippen molar-refractivity contribution in [2.24, 2.45) is 11.8 Å². The summed E-state index contributed by atoms with van der Waals surface area (Å²) in [6.45, 7) is 6.24. The third kappa shape index (κ3) is 3.79. The zero-order valence-corrected chi connectivity index (χ0v) is 15.9. The van der Waals surface area contributed by atoms with Crippen LogP contribution >= 0.6 is 11.3 Å². The van der Waals surface area contributed by atoms with Crippen LogP contribution in [0.4, 0.5) is 10.8 Å². The molecule has 5 nitrogen and oxygen atoms in total. The average molecular weight is 360 g/mol. The van der Waals surface area contributed by atoms with Crippen molar-refractivity contribution in [3.63, 3.8) is 0 Å². The van der Waals surface area contributed by atoms with Gasteiger partial charge >= 0.3 is 5.97 Å². The van der Waals surface area contributed by atoms with E-state index in [1.54, 1.807) is 13.3 Å². The van der Waals surface area contributed by atoms with Crippen molar-refractivity contribution in [2.45, 2.75) is 39.2 Å². The van der Waals surface area contributed by atoms with Gasteiger partial charge in [-0.25, -0.2) is 4.98 Å². The Balaban J connectivity index is 1.76. The van der Waals surface area contributed by atoms with Gasteiger partial charge in [0.25, 0.3) is 0 Å². The van der Waals surface area contributed by atoms with Crippen molar-refractivity contribution in [1.29, 1.82) is 0 Å². The number of benzene rings is 1. The lowest BCUT2D eigenvalue weighted by atomic mass is 9.89. The van der Waals surface area contributed by atoms with Gasteiger partial charge < -0.3 is 14.8 Å². The molecule has 1 N–H and O–H groups in total. The normalized spacial score (nSPS) is 22.9. The number of cyclic esters (lactones) is 1. The van der Waals surface area contributed by atoms with E-state index in [-0.39, 0.29) is 11.9 Å². The van der Waals surface area contributed by atoms with Gasteiger partial charge in [-0.05, 0) is 31.4 Å². The Morgan fingerprint density at radius 3 is 2.92 bits per heavy atom. The molecular formula is C19H24N2O3S. The van der Waals surface area contributed by atoms with Crippen LogP contribution in [0.2, 0.25) is 0 Å². The summed E-state index contributed by atoms with van der Waals surface area (Å²) in [4.78, 5) is 17.6. The molecule has 0 saturated carbocycles. The van der Waals surface area contributed by atoms with Crippen LogP contribution in [-0.4, -0.2) is 18.1 Å². The van der Waals surface area contributed by atoms with Gasteiger partial charge in [-0.3, -0.25) is 4.79 Å². The minimum Gasteiger partial charge on any atom is -0.495 e. The molecule has 1 aliphatic rings. The Labute approximate surface area is 152 Å². The lowest BCUT2D eigenvalue weighted by molar-refractivity contribution is -0.150. The van der Waals surface area contributed by atoms with Crippen LogP contribution in [0.1, 0.15) is 38.5 Å². The lowest BCUT2D eigenvalue weighted by Gasteiger charge is -2.20. The number of hydrogen-bond donors (Lipinski definition) is 1. The minimum atomic E-state index is -0.588. The van der Waals surface area contributed by atoms with Crippen LogP contribution in [0, 0.1) is 11.8 Å². The molecule has 2 heterocycles. The predicted octanol–water partition coefficient (Wildman–Crippen LogP) is 4.72. The molecule has 1 fully saturated rings. The highest BCUT2D eigenvalue weighted by Crippen LogP contribution is 2.44. The molecule has 0 unspecified atom stereocenters. The fourth-order valence-electron chi connectivity index (χ4n) is 3.24. The molecule has 0 radical (unpaired) electrons. The minimum absolute atomic E-state index is 0.0299. The molecule has 3 rings (SSSR count). The van der Waals surface area contributed by atoms with Crippen molar-refractivity contribution < 1.29 is 14.3 Å². The number of thiazole rings is 1. The maximum atomic E-state index is 12.2. The molecule has 0 amide bonds. The molecule has 1 aromatic heterocycles. The summed E-state index contributed by atoms with van der Waals surface area (Å²) in [5.41, 5.74) is 0.270. The highest BCUT2D eigenvalue weighted by molar-refractivity contribution is 7.15. The van der Waals surface area contributed by atoms with Gasteiger partial charge in [-0.1, -0.05) is 37.3 Å². The van der Waals surface area contributed by atoms with Gasteiger partial charge in [0, 0.05) is 12.6 Å². The first-order chi connectivity index (χ1) is 11.9. The van der Waals surface area contributed by atoms with Crippen molar-refractivity contribution in [3.8, 4) is 5.75 Å². The first-order valence-electron chi connectivity index (χ1n) is 8.50. The van der Waals surface area contributed by atoms with E-state index in [0.717, 1.165) is 27.9 Å². The molecular weight excluding hydrogens is 336 g/mol. The fourth-order valence-corrected chi connectivity index (χ4v) is 4.16. The quantitative estimate of drug-likeness (QED) is 0.755. The van der Waals surface area contributed by atoms with Crippen molar-refractivity contribution >= 4 is 28.1 Å². The second-order valence-corrected chi connectivity index (χ2v) is 8.07. The summed E-state index contributed by atoms with van der Waals surface area (Å²) < 4.78 is 11.1. The van der Waals surface area contributed by atoms with Gasteiger partial charge in [0.2, 0.25) is 0 Å². The third-order valence-electron chi connectivity index (χ3n) is 4.43. The van der Waals surface area contributed by atoms with Crippen LogP contribution in [0.5, 0.6) is 5.75 Å². The number of methoxy groups -OCH3 is 1. The second kappa shape index (κ2) is 7.04. The molecule has 1 saturated heterocycles. The Hall–Kier alpha value is -2.08. The Morgan fingerprint density at radius 2 is 2.20 bits per heavy atom. The van der Waals surface area contributed by atoms with E-state index in [2.05, 4.69) is 24.1 Å². The number of para-hydroxylation sites is 2. The number of ether oxygens (including phenoxy) is 2. The monoisotopic (exact) mass is 360 g/mol. The Kier molecular flexibility index (Phi) is 4.99. The average Bonchev–Trinajstić information content (AvgIpc) is 3.13. The fraction of sp³-hybridized carbons (Fsp3) is 0.474. The third-order valence-corrected chi connectivity index (χ3v) is 5.58. The summed E-state index contributed by atoms with van der Waals surface area (Å²) >= 11 is 1.51. The number of nitrogens with one attached hydrogen (secondary N) is 1. The summed E-state index contributed by atoms with van der Waals surface area (Å²) in [6, 6.07) is 7.70. The SMILES string of the molecule is COc1ccccc1Nc1ncc([C@]2(C)C[C@@H](CC(C)C)C(=O)O2)s1. The van der Waals surface area contributed by atoms with Gasteiger partial charge in [-0.15, -0.1) is 0 Å². The van der Waals surface area contributed by atoms with E-state index < -0.39 is 5.60 Å². The number of rotatable bonds is 6. The van der Waals surface area contributed by atoms with Gasteiger partial charge in [0.1, 0.15) is 11.4 Å². The molecule has 0 aliphatic carbocycles. The Morgan fingerprint density at radius 1 is 1.44 bits per heavy atom.